The number of aryl methyl sites for hydroxylation is 2. The molecule has 2 aromatic rings. The number of rotatable bonds is 4. The van der Waals surface area contributed by atoms with Crippen LogP contribution < -0.4 is 5.32 Å². The molecule has 1 amide bonds. The van der Waals surface area contributed by atoms with Crippen molar-refractivity contribution in [2.24, 2.45) is 0 Å². The van der Waals surface area contributed by atoms with Gasteiger partial charge in [0.25, 0.3) is 0 Å². The second-order valence-electron chi connectivity index (χ2n) is 5.39. The summed E-state index contributed by atoms with van der Waals surface area (Å²) in [5.41, 5.74) is 0.590. The lowest BCUT2D eigenvalue weighted by Gasteiger charge is -2.24. The minimum Gasteiger partial charge on any atom is -0.353 e. The van der Waals surface area contributed by atoms with Crippen molar-refractivity contribution in [3.63, 3.8) is 0 Å². The molecule has 0 fully saturated rings. The number of benzene rings is 1. The maximum atomic E-state index is 13.5. The molecule has 0 saturated carbocycles. The number of hydrogen-bond acceptors (Lipinski definition) is 2. The second kappa shape index (κ2) is 6.08. The summed E-state index contributed by atoms with van der Waals surface area (Å²) in [7, 11) is 0. The van der Waals surface area contributed by atoms with Crippen LogP contribution in [0.15, 0.2) is 36.7 Å². The summed E-state index contributed by atoms with van der Waals surface area (Å²) in [6.45, 7) is 0.883. The van der Waals surface area contributed by atoms with Gasteiger partial charge in [-0.3, -0.25) is 4.79 Å². The highest BCUT2D eigenvalue weighted by atomic mass is 19.1. The second-order valence-corrected chi connectivity index (χ2v) is 5.39. The zero-order valence-electron chi connectivity index (χ0n) is 11.8. The van der Waals surface area contributed by atoms with Crippen LogP contribution in [0.2, 0.25) is 0 Å². The van der Waals surface area contributed by atoms with Gasteiger partial charge in [-0.05, 0) is 24.5 Å². The normalized spacial score (nSPS) is 17.3. The van der Waals surface area contributed by atoms with Crippen LogP contribution in [-0.2, 0) is 24.2 Å². The van der Waals surface area contributed by atoms with Crippen LogP contribution in [0.3, 0.4) is 0 Å². The number of halogens is 1. The van der Waals surface area contributed by atoms with Crippen molar-refractivity contribution in [1.29, 1.82) is 0 Å². The Kier molecular flexibility index (Phi) is 3.99. The standard InChI is InChI=1S/C16H18FN3O/c17-14-4-2-1-3-12(14)5-6-16(21)19-13-7-9-20-10-8-18-15(20)11-13/h1-4,8,10,13H,5-7,9,11H2,(H,19,21). The zero-order chi connectivity index (χ0) is 14.7. The van der Waals surface area contributed by atoms with E-state index in [1.54, 1.807) is 24.4 Å². The third-order valence-corrected chi connectivity index (χ3v) is 3.89. The first kappa shape index (κ1) is 13.8. The summed E-state index contributed by atoms with van der Waals surface area (Å²) >= 11 is 0. The van der Waals surface area contributed by atoms with Crippen LogP contribution in [0.25, 0.3) is 0 Å². The van der Waals surface area contributed by atoms with E-state index >= 15 is 0 Å². The Bertz CT molecular complexity index is 638. The van der Waals surface area contributed by atoms with Crippen molar-refractivity contribution in [3.05, 3.63) is 53.9 Å². The maximum absolute atomic E-state index is 13.5. The minimum absolute atomic E-state index is 0.0248. The molecule has 0 bridgehead atoms. The van der Waals surface area contributed by atoms with Gasteiger partial charge >= 0.3 is 0 Å². The average molecular weight is 287 g/mol. The summed E-state index contributed by atoms with van der Waals surface area (Å²) in [6, 6.07) is 6.72. The van der Waals surface area contributed by atoms with Crippen molar-refractivity contribution in [2.75, 3.05) is 0 Å². The molecule has 1 unspecified atom stereocenters. The molecule has 1 aromatic carbocycles. The number of carbonyl (C=O) groups is 1. The predicted octanol–water partition coefficient (Wildman–Crippen LogP) is 2.09. The van der Waals surface area contributed by atoms with E-state index in [2.05, 4.69) is 14.9 Å². The molecule has 1 N–H and O–H groups in total. The van der Waals surface area contributed by atoms with E-state index in [1.807, 2.05) is 6.20 Å². The van der Waals surface area contributed by atoms with Crippen LogP contribution in [0.4, 0.5) is 4.39 Å². The van der Waals surface area contributed by atoms with Gasteiger partial charge in [-0.15, -0.1) is 0 Å². The number of imidazole rings is 1. The molecular formula is C16H18FN3O. The number of nitrogens with one attached hydrogen (secondary N) is 1. The van der Waals surface area contributed by atoms with Crippen LogP contribution >= 0.6 is 0 Å². The quantitative estimate of drug-likeness (QED) is 0.936. The SMILES string of the molecule is O=C(CCc1ccccc1F)NC1CCn2ccnc2C1. The lowest BCUT2D eigenvalue weighted by Crippen LogP contribution is -2.40. The van der Waals surface area contributed by atoms with E-state index in [1.165, 1.54) is 6.07 Å². The van der Waals surface area contributed by atoms with E-state index < -0.39 is 0 Å². The Morgan fingerprint density at radius 1 is 1.43 bits per heavy atom. The lowest BCUT2D eigenvalue weighted by molar-refractivity contribution is -0.121. The number of fused-ring (bicyclic) bond motifs is 1. The fourth-order valence-electron chi connectivity index (χ4n) is 2.72. The maximum Gasteiger partial charge on any atom is 0.220 e. The van der Waals surface area contributed by atoms with Crippen LogP contribution in [0, 0.1) is 5.82 Å². The molecule has 110 valence electrons. The third-order valence-electron chi connectivity index (χ3n) is 3.89. The van der Waals surface area contributed by atoms with E-state index in [-0.39, 0.29) is 17.8 Å². The van der Waals surface area contributed by atoms with Crippen LogP contribution in [0.1, 0.15) is 24.2 Å². The molecule has 1 atom stereocenters. The van der Waals surface area contributed by atoms with Crippen LogP contribution in [-0.4, -0.2) is 21.5 Å². The fourth-order valence-corrected chi connectivity index (χ4v) is 2.72. The summed E-state index contributed by atoms with van der Waals surface area (Å²) in [4.78, 5) is 16.3. The lowest BCUT2D eigenvalue weighted by atomic mass is 10.1. The monoisotopic (exact) mass is 287 g/mol. The molecule has 21 heavy (non-hydrogen) atoms. The molecule has 0 spiro atoms. The van der Waals surface area contributed by atoms with Gasteiger partial charge < -0.3 is 9.88 Å². The molecule has 0 saturated heterocycles. The van der Waals surface area contributed by atoms with E-state index in [0.29, 0.717) is 18.4 Å². The number of aromatic nitrogens is 2. The number of nitrogens with zero attached hydrogens (tertiary/aromatic N) is 2. The fraction of sp³-hybridized carbons (Fsp3) is 0.375. The van der Waals surface area contributed by atoms with Gasteiger partial charge in [0.2, 0.25) is 5.91 Å². The first-order valence-corrected chi connectivity index (χ1v) is 7.25. The molecule has 3 rings (SSSR count). The molecule has 5 heteroatoms. The summed E-state index contributed by atoms with van der Waals surface area (Å²) in [5.74, 6) is 0.744. The van der Waals surface area contributed by atoms with Crippen molar-refractivity contribution in [2.45, 2.75) is 38.3 Å². The number of carbonyl (C=O) groups excluding carboxylic acids is 1. The van der Waals surface area contributed by atoms with Gasteiger partial charge in [0.05, 0.1) is 0 Å². The van der Waals surface area contributed by atoms with Gasteiger partial charge in [0, 0.05) is 37.8 Å². The van der Waals surface area contributed by atoms with Crippen molar-refractivity contribution < 1.29 is 9.18 Å². The Hall–Kier alpha value is -2.17. The van der Waals surface area contributed by atoms with Gasteiger partial charge in [-0.2, -0.15) is 0 Å². The van der Waals surface area contributed by atoms with Crippen LogP contribution in [0.5, 0.6) is 0 Å². The van der Waals surface area contributed by atoms with Gasteiger partial charge in [-0.1, -0.05) is 18.2 Å². The molecule has 2 heterocycles. The van der Waals surface area contributed by atoms with Gasteiger partial charge in [-0.25, -0.2) is 9.37 Å². The molecular weight excluding hydrogens is 269 g/mol. The number of hydrogen-bond donors (Lipinski definition) is 1. The largest absolute Gasteiger partial charge is 0.353 e. The molecule has 1 aliphatic rings. The van der Waals surface area contributed by atoms with E-state index in [4.69, 9.17) is 0 Å². The highest BCUT2D eigenvalue weighted by molar-refractivity contribution is 5.76. The highest BCUT2D eigenvalue weighted by Crippen LogP contribution is 2.14. The Balaban J connectivity index is 1.50. The summed E-state index contributed by atoms with van der Waals surface area (Å²) < 4.78 is 15.6. The first-order valence-electron chi connectivity index (χ1n) is 7.25. The molecule has 1 aromatic heterocycles. The van der Waals surface area contributed by atoms with Gasteiger partial charge in [0.15, 0.2) is 0 Å². The Morgan fingerprint density at radius 2 is 2.29 bits per heavy atom. The summed E-state index contributed by atoms with van der Waals surface area (Å²) in [6.07, 6.45) is 6.17. The zero-order valence-corrected chi connectivity index (χ0v) is 11.8. The predicted molar refractivity (Wildman–Crippen MR) is 77.2 cm³/mol. The first-order chi connectivity index (χ1) is 10.2. The van der Waals surface area contributed by atoms with Crippen molar-refractivity contribution in [3.8, 4) is 0 Å². The van der Waals surface area contributed by atoms with Gasteiger partial charge in [0.1, 0.15) is 11.6 Å². The minimum atomic E-state index is -0.245. The smallest absolute Gasteiger partial charge is 0.220 e. The Morgan fingerprint density at radius 3 is 3.14 bits per heavy atom. The molecule has 0 radical (unpaired) electrons. The topological polar surface area (TPSA) is 46.9 Å². The van der Waals surface area contributed by atoms with Crippen molar-refractivity contribution in [1.82, 2.24) is 14.9 Å². The van der Waals surface area contributed by atoms with Crippen molar-refractivity contribution >= 4 is 5.91 Å². The summed E-state index contributed by atoms with van der Waals surface area (Å²) in [5, 5.41) is 3.02. The average Bonchev–Trinajstić information content (AvgIpc) is 2.94. The molecule has 4 nitrogen and oxygen atoms in total. The number of amides is 1. The Labute approximate surface area is 123 Å². The molecule has 0 aliphatic carbocycles. The van der Waals surface area contributed by atoms with E-state index in [0.717, 1.165) is 25.2 Å². The molecule has 1 aliphatic heterocycles. The third kappa shape index (κ3) is 3.29. The highest BCUT2D eigenvalue weighted by Gasteiger charge is 2.20. The van der Waals surface area contributed by atoms with E-state index in [9.17, 15) is 9.18 Å².